The van der Waals surface area contributed by atoms with Gasteiger partial charge in [0.05, 0.1) is 0 Å². The van der Waals surface area contributed by atoms with Crippen LogP contribution in [0.2, 0.25) is 0 Å². The van der Waals surface area contributed by atoms with Gasteiger partial charge in [0.2, 0.25) is 0 Å². The lowest BCUT2D eigenvalue weighted by Crippen LogP contribution is -2.14. The first-order valence-corrected chi connectivity index (χ1v) is 6.06. The molecule has 2 aliphatic heterocycles. The van der Waals surface area contributed by atoms with E-state index in [0.717, 1.165) is 24.7 Å². The Morgan fingerprint density at radius 2 is 2.20 bits per heavy atom. The number of nitrogens with zero attached hydrogens (tertiary/aromatic N) is 1. The maximum Gasteiger partial charge on any atom is 0.152 e. The fourth-order valence-corrected chi connectivity index (χ4v) is 3.48. The van der Waals surface area contributed by atoms with E-state index in [4.69, 9.17) is 0 Å². The zero-order chi connectivity index (χ0) is 10.4. The van der Waals surface area contributed by atoms with Gasteiger partial charge in [-0.3, -0.25) is 4.79 Å². The van der Waals surface area contributed by atoms with E-state index in [1.807, 2.05) is 0 Å². The average molecular weight is 203 g/mol. The maximum atomic E-state index is 11.2. The van der Waals surface area contributed by atoms with Crippen LogP contribution >= 0.6 is 0 Å². The largest absolute Gasteiger partial charge is 0.345 e. The van der Waals surface area contributed by atoms with E-state index in [1.54, 1.807) is 0 Å². The van der Waals surface area contributed by atoms with E-state index in [2.05, 4.69) is 11.5 Å². The van der Waals surface area contributed by atoms with Crippen LogP contribution in [0.3, 0.4) is 0 Å². The van der Waals surface area contributed by atoms with Crippen LogP contribution in [0.15, 0.2) is 0 Å². The summed E-state index contributed by atoms with van der Waals surface area (Å²) >= 11 is 0. The zero-order valence-electron chi connectivity index (χ0n) is 9.25. The minimum Gasteiger partial charge on any atom is -0.345 e. The second kappa shape index (κ2) is 3.22. The highest BCUT2D eigenvalue weighted by molar-refractivity contribution is 5.80. The summed E-state index contributed by atoms with van der Waals surface area (Å²) in [5.41, 5.74) is 5.17. The Labute approximate surface area is 90.3 Å². The average Bonchev–Trinajstić information content (AvgIpc) is 2.82. The second-order valence-corrected chi connectivity index (χ2v) is 4.71. The minimum absolute atomic E-state index is 0.711. The highest BCUT2D eigenvalue weighted by Gasteiger charge is 2.32. The van der Waals surface area contributed by atoms with Crippen molar-refractivity contribution in [1.29, 1.82) is 0 Å². The summed E-state index contributed by atoms with van der Waals surface area (Å²) in [4.78, 5) is 11.2. The van der Waals surface area contributed by atoms with Crippen LogP contribution in [0.1, 0.15) is 59.5 Å². The summed E-state index contributed by atoms with van der Waals surface area (Å²) < 4.78 is 2.49. The number of aldehydes is 1. The third kappa shape index (κ3) is 1.08. The second-order valence-electron chi connectivity index (χ2n) is 4.71. The lowest BCUT2D eigenvalue weighted by molar-refractivity contribution is 0.112. The lowest BCUT2D eigenvalue weighted by atomic mass is 9.96. The van der Waals surface area contributed by atoms with Crippen molar-refractivity contribution in [2.45, 2.75) is 51.5 Å². The first-order chi connectivity index (χ1) is 7.36. The summed E-state index contributed by atoms with van der Waals surface area (Å²) in [7, 11) is 0. The molecular formula is C13H17NO. The molecule has 0 spiro atoms. The van der Waals surface area contributed by atoms with Gasteiger partial charge in [0, 0.05) is 23.0 Å². The summed E-state index contributed by atoms with van der Waals surface area (Å²) in [6.45, 7) is 2.16. The van der Waals surface area contributed by atoms with Crippen molar-refractivity contribution in [2.24, 2.45) is 0 Å². The standard InChI is InChI=1S/C13H17NO/c1-2-10-11(8-15)13-7-6-9-4-3-5-12(10)14(9)13/h8-9H,2-7H2,1H3/t9-/m1/s1. The third-order valence-electron chi connectivity index (χ3n) is 4.07. The summed E-state index contributed by atoms with van der Waals surface area (Å²) in [5, 5.41) is 0. The van der Waals surface area contributed by atoms with Crippen molar-refractivity contribution in [3.8, 4) is 0 Å². The molecule has 1 atom stereocenters. The van der Waals surface area contributed by atoms with Gasteiger partial charge in [-0.2, -0.15) is 0 Å². The molecule has 1 aromatic rings. The summed E-state index contributed by atoms with van der Waals surface area (Å²) in [6, 6.07) is 0.711. The Morgan fingerprint density at radius 1 is 1.33 bits per heavy atom. The van der Waals surface area contributed by atoms with Crippen LogP contribution in [0.4, 0.5) is 0 Å². The van der Waals surface area contributed by atoms with Gasteiger partial charge in [-0.25, -0.2) is 0 Å². The van der Waals surface area contributed by atoms with Gasteiger partial charge >= 0.3 is 0 Å². The van der Waals surface area contributed by atoms with Crippen molar-refractivity contribution in [1.82, 2.24) is 4.57 Å². The quantitative estimate of drug-likeness (QED) is 0.677. The lowest BCUT2D eigenvalue weighted by Gasteiger charge is -2.23. The minimum atomic E-state index is 0.711. The van der Waals surface area contributed by atoms with Crippen molar-refractivity contribution in [3.63, 3.8) is 0 Å². The molecule has 0 aromatic carbocycles. The van der Waals surface area contributed by atoms with Crippen molar-refractivity contribution in [3.05, 3.63) is 22.5 Å². The van der Waals surface area contributed by atoms with Crippen LogP contribution in [0.5, 0.6) is 0 Å². The van der Waals surface area contributed by atoms with Crippen molar-refractivity contribution in [2.75, 3.05) is 0 Å². The van der Waals surface area contributed by atoms with E-state index in [-0.39, 0.29) is 0 Å². The monoisotopic (exact) mass is 203 g/mol. The van der Waals surface area contributed by atoms with Crippen molar-refractivity contribution < 1.29 is 4.79 Å². The molecule has 0 aliphatic carbocycles. The molecule has 3 heterocycles. The Bertz CT molecular complexity index is 413. The molecule has 0 fully saturated rings. The van der Waals surface area contributed by atoms with Gasteiger partial charge in [-0.15, -0.1) is 0 Å². The summed E-state index contributed by atoms with van der Waals surface area (Å²) in [6.07, 6.45) is 8.27. The van der Waals surface area contributed by atoms with E-state index in [0.29, 0.717) is 6.04 Å². The van der Waals surface area contributed by atoms with Gasteiger partial charge in [0.15, 0.2) is 6.29 Å². The molecule has 0 bridgehead atoms. The first-order valence-electron chi connectivity index (χ1n) is 6.06. The number of hydrogen-bond donors (Lipinski definition) is 0. The molecule has 0 unspecified atom stereocenters. The molecule has 80 valence electrons. The van der Waals surface area contributed by atoms with E-state index in [9.17, 15) is 4.79 Å². The number of hydrogen-bond acceptors (Lipinski definition) is 1. The molecule has 0 N–H and O–H groups in total. The van der Waals surface area contributed by atoms with Crippen LogP contribution < -0.4 is 0 Å². The van der Waals surface area contributed by atoms with E-state index < -0.39 is 0 Å². The predicted octanol–water partition coefficient (Wildman–Crippen LogP) is 2.69. The highest BCUT2D eigenvalue weighted by atomic mass is 16.1. The fourth-order valence-electron chi connectivity index (χ4n) is 3.48. The van der Waals surface area contributed by atoms with Crippen LogP contribution in [-0.4, -0.2) is 10.9 Å². The molecule has 2 nitrogen and oxygen atoms in total. The summed E-state index contributed by atoms with van der Waals surface area (Å²) in [5.74, 6) is 0. The van der Waals surface area contributed by atoms with Gasteiger partial charge in [0.1, 0.15) is 0 Å². The molecule has 3 rings (SSSR count). The predicted molar refractivity (Wildman–Crippen MR) is 59.5 cm³/mol. The topological polar surface area (TPSA) is 22.0 Å². The van der Waals surface area contributed by atoms with Crippen LogP contribution in [-0.2, 0) is 19.3 Å². The SMILES string of the molecule is CCc1c(C=O)c2n3c1CCC[C@@H]3CC2. The number of carbonyl (C=O) groups excluding carboxylic acids is 1. The Kier molecular flexibility index (Phi) is 1.98. The number of rotatable bonds is 2. The normalized spacial score (nSPS) is 22.9. The highest BCUT2D eigenvalue weighted by Crippen LogP contribution is 2.40. The fraction of sp³-hybridized carbons (Fsp3) is 0.615. The van der Waals surface area contributed by atoms with Crippen LogP contribution in [0.25, 0.3) is 0 Å². The molecule has 0 saturated carbocycles. The Hall–Kier alpha value is -1.05. The molecular weight excluding hydrogens is 186 g/mol. The van der Waals surface area contributed by atoms with Crippen LogP contribution in [0, 0.1) is 0 Å². The molecule has 2 heteroatoms. The molecule has 1 aromatic heterocycles. The van der Waals surface area contributed by atoms with E-state index >= 15 is 0 Å². The molecule has 0 radical (unpaired) electrons. The van der Waals surface area contributed by atoms with Crippen molar-refractivity contribution >= 4 is 6.29 Å². The molecule has 0 amide bonds. The van der Waals surface area contributed by atoms with Gasteiger partial charge in [-0.1, -0.05) is 6.92 Å². The molecule has 2 aliphatic rings. The number of carbonyl (C=O) groups is 1. The van der Waals surface area contributed by atoms with E-state index in [1.165, 1.54) is 42.6 Å². The first kappa shape index (κ1) is 9.20. The number of aromatic nitrogens is 1. The smallest absolute Gasteiger partial charge is 0.152 e. The molecule has 0 saturated heterocycles. The van der Waals surface area contributed by atoms with Gasteiger partial charge < -0.3 is 4.57 Å². The zero-order valence-corrected chi connectivity index (χ0v) is 9.25. The Morgan fingerprint density at radius 3 is 2.93 bits per heavy atom. The Balaban J connectivity index is 2.26. The molecule has 15 heavy (non-hydrogen) atoms. The van der Waals surface area contributed by atoms with Gasteiger partial charge in [-0.05, 0) is 44.1 Å². The third-order valence-corrected chi connectivity index (χ3v) is 4.07. The van der Waals surface area contributed by atoms with Gasteiger partial charge in [0.25, 0.3) is 0 Å². The maximum absolute atomic E-state index is 11.2.